The normalized spacial score (nSPS) is 11.3. The maximum Gasteiger partial charge on any atom is 0.219 e. The molecule has 0 aliphatic carbocycles. The predicted octanol–water partition coefficient (Wildman–Crippen LogP) is 1.80. The van der Waals surface area contributed by atoms with Crippen LogP contribution in [0.2, 0.25) is 0 Å². The van der Waals surface area contributed by atoms with Gasteiger partial charge in [-0.05, 0) is 42.3 Å². The van der Waals surface area contributed by atoms with E-state index in [9.17, 15) is 4.79 Å². The summed E-state index contributed by atoms with van der Waals surface area (Å²) in [6.45, 7) is 5.67. The molecule has 1 rings (SSSR count). The first-order chi connectivity index (χ1) is 7.73. The van der Waals surface area contributed by atoms with Crippen molar-refractivity contribution in [2.45, 2.75) is 32.7 Å². The number of hydrogen-bond donors (Lipinski definition) is 3. The first kappa shape index (κ1) is 13.8. The van der Waals surface area contributed by atoms with Gasteiger partial charge in [-0.15, -0.1) is 0 Å². The zero-order valence-electron chi connectivity index (χ0n) is 10.2. The SMILES string of the molecule is Cc1c(N)cnc(NC(C)(C)CC(N)=O)c1Br. The van der Waals surface area contributed by atoms with Gasteiger partial charge in [0.15, 0.2) is 0 Å². The number of nitrogens with zero attached hydrogens (tertiary/aromatic N) is 1. The number of hydrogen-bond acceptors (Lipinski definition) is 4. The molecule has 0 unspecified atom stereocenters. The molecule has 0 aliphatic heterocycles. The lowest BCUT2D eigenvalue weighted by Crippen LogP contribution is -2.36. The molecule has 0 aromatic carbocycles. The quantitative estimate of drug-likeness (QED) is 0.790. The molecule has 0 saturated carbocycles. The molecule has 5 nitrogen and oxygen atoms in total. The van der Waals surface area contributed by atoms with Crippen LogP contribution in [-0.2, 0) is 4.79 Å². The summed E-state index contributed by atoms with van der Waals surface area (Å²) in [5.74, 6) is 0.300. The van der Waals surface area contributed by atoms with Gasteiger partial charge in [0, 0.05) is 12.0 Å². The van der Waals surface area contributed by atoms with Gasteiger partial charge in [-0.2, -0.15) is 0 Å². The maximum absolute atomic E-state index is 10.9. The third kappa shape index (κ3) is 3.59. The minimum Gasteiger partial charge on any atom is -0.397 e. The summed E-state index contributed by atoms with van der Waals surface area (Å²) >= 11 is 3.43. The summed E-state index contributed by atoms with van der Waals surface area (Å²) in [4.78, 5) is 15.1. The first-order valence-electron chi connectivity index (χ1n) is 5.20. The van der Waals surface area contributed by atoms with E-state index in [2.05, 4.69) is 26.2 Å². The molecule has 0 aliphatic rings. The van der Waals surface area contributed by atoms with Crippen LogP contribution in [0.15, 0.2) is 10.7 Å². The van der Waals surface area contributed by atoms with Gasteiger partial charge in [-0.25, -0.2) is 4.98 Å². The molecule has 0 spiro atoms. The molecule has 1 amide bonds. The van der Waals surface area contributed by atoms with Crippen molar-refractivity contribution in [3.63, 3.8) is 0 Å². The fourth-order valence-electron chi connectivity index (χ4n) is 1.48. The number of pyridine rings is 1. The molecule has 6 heteroatoms. The summed E-state index contributed by atoms with van der Waals surface area (Å²) in [5.41, 5.74) is 12.0. The van der Waals surface area contributed by atoms with E-state index in [0.29, 0.717) is 11.5 Å². The third-order valence-corrected chi connectivity index (χ3v) is 3.35. The Balaban J connectivity index is 2.96. The maximum atomic E-state index is 10.9. The average molecular weight is 301 g/mol. The van der Waals surface area contributed by atoms with E-state index < -0.39 is 5.54 Å². The number of aromatic nitrogens is 1. The van der Waals surface area contributed by atoms with Gasteiger partial charge in [0.25, 0.3) is 0 Å². The first-order valence-corrected chi connectivity index (χ1v) is 5.99. The van der Waals surface area contributed by atoms with Crippen LogP contribution in [0, 0.1) is 6.92 Å². The monoisotopic (exact) mass is 300 g/mol. The van der Waals surface area contributed by atoms with Gasteiger partial charge >= 0.3 is 0 Å². The van der Waals surface area contributed by atoms with Gasteiger partial charge in [-0.1, -0.05) is 0 Å². The van der Waals surface area contributed by atoms with E-state index in [1.54, 1.807) is 6.20 Å². The molecule has 0 saturated heterocycles. The molecule has 17 heavy (non-hydrogen) atoms. The van der Waals surface area contributed by atoms with Crippen molar-refractivity contribution < 1.29 is 4.79 Å². The number of nitrogens with two attached hydrogens (primary N) is 2. The molecule has 0 atom stereocenters. The Morgan fingerprint density at radius 1 is 1.59 bits per heavy atom. The molecule has 1 aromatic heterocycles. The van der Waals surface area contributed by atoms with Gasteiger partial charge in [0.2, 0.25) is 5.91 Å². The standard InChI is InChI=1S/C11H17BrN4O/c1-6-7(13)5-15-10(9(6)12)16-11(2,3)4-8(14)17/h5H,4,13H2,1-3H3,(H2,14,17)(H,15,16). The van der Waals surface area contributed by atoms with Crippen LogP contribution < -0.4 is 16.8 Å². The number of anilines is 2. The van der Waals surface area contributed by atoms with Gasteiger partial charge in [0.1, 0.15) is 5.82 Å². The van der Waals surface area contributed by atoms with Crippen molar-refractivity contribution in [1.29, 1.82) is 0 Å². The number of carbonyl (C=O) groups is 1. The lowest BCUT2D eigenvalue weighted by molar-refractivity contribution is -0.118. The van der Waals surface area contributed by atoms with Crippen molar-refractivity contribution in [1.82, 2.24) is 4.98 Å². The van der Waals surface area contributed by atoms with Crippen LogP contribution in [0.25, 0.3) is 0 Å². The second-order valence-electron chi connectivity index (χ2n) is 4.65. The lowest BCUT2D eigenvalue weighted by Gasteiger charge is -2.26. The molecule has 0 fully saturated rings. The molecule has 1 aromatic rings. The minimum absolute atomic E-state index is 0.227. The Kier molecular flexibility index (Phi) is 3.98. The van der Waals surface area contributed by atoms with Crippen LogP contribution >= 0.6 is 15.9 Å². The van der Waals surface area contributed by atoms with E-state index in [0.717, 1.165) is 10.0 Å². The number of carbonyl (C=O) groups excluding carboxylic acids is 1. The number of rotatable bonds is 4. The highest BCUT2D eigenvalue weighted by Gasteiger charge is 2.22. The fourth-order valence-corrected chi connectivity index (χ4v) is 1.91. The zero-order valence-corrected chi connectivity index (χ0v) is 11.8. The number of nitrogen functional groups attached to an aromatic ring is 1. The van der Waals surface area contributed by atoms with Crippen LogP contribution in [0.3, 0.4) is 0 Å². The van der Waals surface area contributed by atoms with Gasteiger partial charge < -0.3 is 16.8 Å². The van der Waals surface area contributed by atoms with Crippen molar-refractivity contribution in [3.8, 4) is 0 Å². The second kappa shape index (κ2) is 4.91. The highest BCUT2D eigenvalue weighted by Crippen LogP contribution is 2.30. The number of primary amides is 1. The molecule has 94 valence electrons. The Bertz CT molecular complexity index is 445. The van der Waals surface area contributed by atoms with E-state index in [4.69, 9.17) is 11.5 Å². The van der Waals surface area contributed by atoms with E-state index in [1.165, 1.54) is 0 Å². The third-order valence-electron chi connectivity index (χ3n) is 2.38. The Labute approximate surface area is 109 Å². The molecule has 5 N–H and O–H groups in total. The van der Waals surface area contributed by atoms with Crippen LogP contribution in [0.5, 0.6) is 0 Å². The fraction of sp³-hybridized carbons (Fsp3) is 0.455. The molecular weight excluding hydrogens is 284 g/mol. The second-order valence-corrected chi connectivity index (χ2v) is 5.45. The molecule has 0 radical (unpaired) electrons. The van der Waals surface area contributed by atoms with Crippen LogP contribution in [0.4, 0.5) is 11.5 Å². The van der Waals surface area contributed by atoms with E-state index >= 15 is 0 Å². The highest BCUT2D eigenvalue weighted by molar-refractivity contribution is 9.10. The summed E-state index contributed by atoms with van der Waals surface area (Å²) < 4.78 is 0.801. The largest absolute Gasteiger partial charge is 0.397 e. The minimum atomic E-state index is -0.454. The van der Waals surface area contributed by atoms with Crippen molar-refractivity contribution in [2.24, 2.45) is 5.73 Å². The van der Waals surface area contributed by atoms with Crippen molar-refractivity contribution in [3.05, 3.63) is 16.2 Å². The smallest absolute Gasteiger partial charge is 0.219 e. The van der Waals surface area contributed by atoms with Gasteiger partial charge in [0.05, 0.1) is 16.4 Å². The number of amides is 1. The Morgan fingerprint density at radius 2 is 2.18 bits per heavy atom. The molecule has 0 bridgehead atoms. The Hall–Kier alpha value is -1.30. The summed E-state index contributed by atoms with van der Waals surface area (Å²) in [5, 5.41) is 3.17. The Morgan fingerprint density at radius 3 is 2.71 bits per heavy atom. The van der Waals surface area contributed by atoms with E-state index in [1.807, 2.05) is 20.8 Å². The number of nitrogens with one attached hydrogen (secondary N) is 1. The van der Waals surface area contributed by atoms with E-state index in [-0.39, 0.29) is 12.3 Å². The van der Waals surface area contributed by atoms with Crippen molar-refractivity contribution in [2.75, 3.05) is 11.1 Å². The topological polar surface area (TPSA) is 94.0 Å². The summed E-state index contributed by atoms with van der Waals surface area (Å²) in [6.07, 6.45) is 1.81. The molecule has 1 heterocycles. The lowest BCUT2D eigenvalue weighted by atomic mass is 10.0. The summed E-state index contributed by atoms with van der Waals surface area (Å²) in [6, 6.07) is 0. The van der Waals surface area contributed by atoms with Crippen molar-refractivity contribution >= 4 is 33.3 Å². The average Bonchev–Trinajstić information content (AvgIpc) is 2.17. The zero-order chi connectivity index (χ0) is 13.2. The number of halogens is 1. The predicted molar refractivity (Wildman–Crippen MR) is 72.6 cm³/mol. The summed E-state index contributed by atoms with van der Waals surface area (Å²) in [7, 11) is 0. The molecular formula is C11H17BrN4O. The van der Waals surface area contributed by atoms with Gasteiger partial charge in [-0.3, -0.25) is 4.79 Å². The van der Waals surface area contributed by atoms with Crippen LogP contribution in [-0.4, -0.2) is 16.4 Å². The van der Waals surface area contributed by atoms with Crippen LogP contribution in [0.1, 0.15) is 25.8 Å². The highest BCUT2D eigenvalue weighted by atomic mass is 79.9.